The van der Waals surface area contributed by atoms with Gasteiger partial charge in [-0.25, -0.2) is 0 Å². The number of hydrogen-bond donors (Lipinski definition) is 7. The van der Waals surface area contributed by atoms with Gasteiger partial charge in [0.25, 0.3) is 0 Å². The van der Waals surface area contributed by atoms with Gasteiger partial charge >= 0.3 is 5.97 Å². The van der Waals surface area contributed by atoms with Crippen molar-refractivity contribution >= 4 is 5.97 Å². The fourth-order valence-corrected chi connectivity index (χ4v) is 11.4. The second-order valence-corrected chi connectivity index (χ2v) is 22.6. The average molecular weight is 1040 g/mol. The molecule has 3 fully saturated rings. The molecule has 18 nitrogen and oxygen atoms in total. The smallest absolute Gasteiger partial charge is 0.311 e. The second-order valence-electron chi connectivity index (χ2n) is 22.6. The van der Waals surface area contributed by atoms with E-state index in [9.17, 15) is 30.3 Å². The number of nitrogens with one attached hydrogen (secondary N) is 1. The van der Waals surface area contributed by atoms with E-state index in [1.165, 1.54) is 14.0 Å². The van der Waals surface area contributed by atoms with Crippen LogP contribution in [0.4, 0.5) is 0 Å². The van der Waals surface area contributed by atoms with Gasteiger partial charge in [0.1, 0.15) is 29.7 Å². The molecule has 74 heavy (non-hydrogen) atoms. The van der Waals surface area contributed by atoms with Crippen LogP contribution in [0.1, 0.15) is 113 Å². The molecular formula is C56H93N5O13. The van der Waals surface area contributed by atoms with Crippen LogP contribution >= 0.6 is 0 Å². The van der Waals surface area contributed by atoms with E-state index in [1.807, 2.05) is 70.0 Å². The molecule has 0 saturated carbocycles. The van der Waals surface area contributed by atoms with Crippen LogP contribution in [0.3, 0.4) is 0 Å². The number of nitrogens with zero attached hydrogens (tertiary/aromatic N) is 3. The lowest BCUT2D eigenvalue weighted by Gasteiger charge is -2.48. The van der Waals surface area contributed by atoms with Gasteiger partial charge in [-0.05, 0) is 111 Å². The number of likely N-dealkylation sites (N-methyl/N-ethyl adjacent to an activating group) is 1. The maximum Gasteiger partial charge on any atom is 0.311 e. The van der Waals surface area contributed by atoms with Gasteiger partial charge in [-0.3, -0.25) is 9.78 Å². The number of carbonyl (C=O) groups excluding carboxylic acids is 1. The third-order valence-corrected chi connectivity index (χ3v) is 16.2. The number of aliphatic hydroxyl groups is 5. The number of aromatic nitrogens is 1. The van der Waals surface area contributed by atoms with E-state index >= 15 is 0 Å². The van der Waals surface area contributed by atoms with E-state index in [0.29, 0.717) is 43.8 Å². The van der Waals surface area contributed by atoms with Gasteiger partial charge in [0.2, 0.25) is 0 Å². The monoisotopic (exact) mass is 1040 g/mol. The molecule has 4 heterocycles. The average Bonchev–Trinajstić information content (AvgIpc) is 3.36. The van der Waals surface area contributed by atoms with Crippen molar-refractivity contribution in [1.29, 1.82) is 0 Å². The van der Waals surface area contributed by atoms with E-state index in [-0.39, 0.29) is 50.0 Å². The minimum Gasteiger partial charge on any atom is -0.495 e. The Labute approximate surface area is 441 Å². The van der Waals surface area contributed by atoms with E-state index in [2.05, 4.69) is 22.2 Å². The maximum atomic E-state index is 14.5. The van der Waals surface area contributed by atoms with Gasteiger partial charge in [-0.15, -0.1) is 0 Å². The summed E-state index contributed by atoms with van der Waals surface area (Å²) in [4.78, 5) is 22.9. The number of cyclic esters (lactones) is 1. The number of aliphatic hydroxyl groups excluding tert-OH is 3. The minimum absolute atomic E-state index is 0.0171. The van der Waals surface area contributed by atoms with Crippen LogP contribution in [0, 0.1) is 17.8 Å². The summed E-state index contributed by atoms with van der Waals surface area (Å²) >= 11 is 0. The molecule has 18 atom stereocenters. The molecule has 2 aromatic rings. The Balaban J connectivity index is 1.35. The van der Waals surface area contributed by atoms with Crippen LogP contribution in [0.2, 0.25) is 0 Å². The number of methoxy groups -OCH3 is 2. The van der Waals surface area contributed by atoms with Crippen LogP contribution in [0.25, 0.3) is 11.1 Å². The summed E-state index contributed by atoms with van der Waals surface area (Å²) in [6, 6.07) is 9.31. The molecule has 18 heteroatoms. The summed E-state index contributed by atoms with van der Waals surface area (Å²) in [6.45, 7) is 19.0. The van der Waals surface area contributed by atoms with Crippen molar-refractivity contribution in [3.63, 3.8) is 0 Å². The molecule has 420 valence electrons. The molecule has 3 aliphatic rings. The molecule has 3 aliphatic heterocycles. The van der Waals surface area contributed by atoms with Crippen molar-refractivity contribution in [2.24, 2.45) is 23.5 Å². The topological polar surface area (TPSA) is 240 Å². The zero-order valence-corrected chi connectivity index (χ0v) is 46.8. The normalized spacial score (nSPS) is 37.9. The number of hydrogen-bond acceptors (Lipinski definition) is 18. The molecular weight excluding hydrogens is 951 g/mol. The number of carbonyl (C=O) groups is 1. The van der Waals surface area contributed by atoms with Crippen LogP contribution in [-0.2, 0) is 39.6 Å². The highest BCUT2D eigenvalue weighted by molar-refractivity contribution is 5.73. The molecule has 1 aromatic heterocycles. The van der Waals surface area contributed by atoms with Crippen molar-refractivity contribution < 1.29 is 63.5 Å². The first-order valence-electron chi connectivity index (χ1n) is 26.8. The van der Waals surface area contributed by atoms with Crippen LogP contribution in [0.15, 0.2) is 54.6 Å². The summed E-state index contributed by atoms with van der Waals surface area (Å²) in [5.74, 6) is -1.83. The Morgan fingerprint density at radius 2 is 1.66 bits per heavy atom. The Morgan fingerprint density at radius 1 is 0.973 bits per heavy atom. The zero-order chi connectivity index (χ0) is 54.9. The lowest BCUT2D eigenvalue weighted by atomic mass is 9.77. The third kappa shape index (κ3) is 15.6. The summed E-state index contributed by atoms with van der Waals surface area (Å²) in [6.07, 6.45) is 0.326. The summed E-state index contributed by atoms with van der Waals surface area (Å²) < 4.78 is 44.0. The molecule has 0 radical (unpaired) electrons. The molecule has 1 aromatic carbocycles. The third-order valence-electron chi connectivity index (χ3n) is 16.2. The Hall–Kier alpha value is -3.50. The van der Waals surface area contributed by atoms with Crippen molar-refractivity contribution in [2.75, 3.05) is 48.0 Å². The second kappa shape index (κ2) is 26.7. The standard InChI is InChI=1S/C56H93N5O13/c1-15-46-56(10,67)50(63)37(6)61(12)31-33(2)26-54(8,66)52(35(4)49(36(5)53(65)72-46)73-48-27-55(9,69-14)51(64)38(7)71-48)74-47-25-44(22-34(3)70-47)60(11)21-20-42(57)29-59-43(32-62)23-39-16-18-40(19-17-39)41-24-45(68-13)30-58-28-41/h16-19,24,28-30,33-38,43-44,46-52,59,62-64,66-67H,15,20-23,25-27,31-32,57H2,1-14H3/b42-29-/t33-,34-,35+,36-,37-,38+,43+,44+,46-,47+,48+,49+,50-,51+,52-,54-,55-,56-/m1/s1. The van der Waals surface area contributed by atoms with Crippen LogP contribution < -0.4 is 15.8 Å². The van der Waals surface area contributed by atoms with Crippen molar-refractivity contribution in [3.05, 3.63) is 60.2 Å². The lowest BCUT2D eigenvalue weighted by molar-refractivity contribution is -0.308. The molecule has 0 aliphatic carbocycles. The number of benzene rings is 1. The fourth-order valence-electron chi connectivity index (χ4n) is 11.4. The highest BCUT2D eigenvalue weighted by Crippen LogP contribution is 2.40. The number of esters is 1. The van der Waals surface area contributed by atoms with E-state index in [1.54, 1.807) is 60.3 Å². The van der Waals surface area contributed by atoms with Crippen molar-refractivity contribution in [1.82, 2.24) is 20.1 Å². The SMILES string of the molecule is CC[C@H]1OC(=O)[C@H](C)[C@@H](O[C@H]2C[C@@](C)(OC)[C@@H](O)[C@H](C)O2)[C@H](C)[C@@H](O[C@H]2C[C@@H](N(C)CC/C(N)=C/N[C@H](CO)Cc3ccc(-c4cncc(OC)c4)cc3)C[C@@H](C)O2)[C@](C)(O)C[C@@H](C)CN(C)[C@H](C)[C@@H](O)[C@]1(C)O. The molecule has 8 N–H and O–H groups in total. The van der Waals surface area contributed by atoms with Crippen molar-refractivity contribution in [2.45, 2.75) is 204 Å². The molecule has 0 unspecified atom stereocenters. The Morgan fingerprint density at radius 3 is 2.30 bits per heavy atom. The zero-order valence-electron chi connectivity index (χ0n) is 46.8. The first kappa shape index (κ1) is 61.4. The predicted octanol–water partition coefficient (Wildman–Crippen LogP) is 4.75. The van der Waals surface area contributed by atoms with Gasteiger partial charge in [0.05, 0.1) is 67.5 Å². The Bertz CT molecular complexity index is 2080. The number of nitrogens with two attached hydrogens (primary N) is 1. The lowest BCUT2D eigenvalue weighted by Crippen LogP contribution is -2.59. The quantitative estimate of drug-likeness (QED) is 0.106. The van der Waals surface area contributed by atoms with Gasteiger partial charge in [0, 0.05) is 81.1 Å². The Kier molecular flexibility index (Phi) is 22.1. The highest BCUT2D eigenvalue weighted by Gasteiger charge is 2.52. The first-order valence-corrected chi connectivity index (χ1v) is 26.8. The molecule has 5 rings (SSSR count). The largest absolute Gasteiger partial charge is 0.495 e. The van der Waals surface area contributed by atoms with E-state index in [4.69, 9.17) is 38.9 Å². The fraction of sp³-hybridized carbons (Fsp3) is 0.750. The minimum atomic E-state index is -1.81. The number of ether oxygens (including phenoxy) is 7. The first-order chi connectivity index (χ1) is 34.8. The highest BCUT2D eigenvalue weighted by atomic mass is 16.7. The molecule has 3 saturated heterocycles. The van der Waals surface area contributed by atoms with E-state index < -0.39 is 89.9 Å². The maximum absolute atomic E-state index is 14.5. The van der Waals surface area contributed by atoms with Crippen LogP contribution in [0.5, 0.6) is 5.75 Å². The molecule has 0 spiro atoms. The van der Waals surface area contributed by atoms with E-state index in [0.717, 1.165) is 23.1 Å². The van der Waals surface area contributed by atoms with Gasteiger partial charge in [-0.2, -0.15) is 0 Å². The number of pyridine rings is 1. The summed E-state index contributed by atoms with van der Waals surface area (Å²) in [5, 5.41) is 61.1. The molecule has 0 amide bonds. The van der Waals surface area contributed by atoms with Crippen LogP contribution in [-0.4, -0.2) is 185 Å². The van der Waals surface area contributed by atoms with Crippen molar-refractivity contribution in [3.8, 4) is 16.9 Å². The molecule has 0 bridgehead atoms. The van der Waals surface area contributed by atoms with Gasteiger partial charge in [-0.1, -0.05) is 45.0 Å². The predicted molar refractivity (Wildman–Crippen MR) is 283 cm³/mol. The van der Waals surface area contributed by atoms with Gasteiger partial charge < -0.3 is 79.5 Å². The van der Waals surface area contributed by atoms with Gasteiger partial charge in [0.15, 0.2) is 12.6 Å². The number of rotatable bonds is 17. The summed E-state index contributed by atoms with van der Waals surface area (Å²) in [5.41, 5.74) is 5.87. The summed E-state index contributed by atoms with van der Waals surface area (Å²) in [7, 11) is 7.05.